The molecule has 4 heteroatoms. The third kappa shape index (κ3) is 2.88. The fourth-order valence-electron chi connectivity index (χ4n) is 3.63. The van der Waals surface area contributed by atoms with Crippen molar-refractivity contribution < 1.29 is 4.79 Å². The van der Waals surface area contributed by atoms with Crippen molar-refractivity contribution >= 4 is 21.8 Å². The number of hydrogen-bond donors (Lipinski definition) is 2. The van der Waals surface area contributed by atoms with E-state index >= 15 is 0 Å². The van der Waals surface area contributed by atoms with E-state index in [-0.39, 0.29) is 11.3 Å². The summed E-state index contributed by atoms with van der Waals surface area (Å²) in [6.07, 6.45) is 7.32. The lowest BCUT2D eigenvalue weighted by Crippen LogP contribution is -2.55. The van der Waals surface area contributed by atoms with Gasteiger partial charge in [-0.25, -0.2) is 0 Å². The number of carbonyl (C=O) groups excluding carboxylic acids is 1. The summed E-state index contributed by atoms with van der Waals surface area (Å²) in [6.45, 7) is 0.715. The smallest absolute Gasteiger partial charge is 0.240 e. The second-order valence-corrected chi connectivity index (χ2v) is 7.60. The van der Waals surface area contributed by atoms with Gasteiger partial charge < -0.3 is 11.1 Å². The largest absolute Gasteiger partial charge is 0.354 e. The molecule has 0 saturated heterocycles. The molecule has 0 heterocycles. The Morgan fingerprint density at radius 2 is 1.71 bits per heavy atom. The van der Waals surface area contributed by atoms with Gasteiger partial charge in [-0.05, 0) is 43.4 Å². The van der Waals surface area contributed by atoms with Crippen molar-refractivity contribution in [2.75, 3.05) is 6.54 Å². The summed E-state index contributed by atoms with van der Waals surface area (Å²) in [5.74, 6) is 0.0448. The van der Waals surface area contributed by atoms with Gasteiger partial charge in [0.2, 0.25) is 5.91 Å². The van der Waals surface area contributed by atoms with Gasteiger partial charge >= 0.3 is 0 Å². The molecule has 0 aromatic heterocycles. The van der Waals surface area contributed by atoms with Gasteiger partial charge in [0.1, 0.15) is 0 Å². The summed E-state index contributed by atoms with van der Waals surface area (Å²) in [6, 6.07) is 8.50. The highest BCUT2D eigenvalue weighted by molar-refractivity contribution is 9.10. The molecule has 0 atom stereocenters. The first-order valence-electron chi connectivity index (χ1n) is 7.87. The van der Waals surface area contributed by atoms with Gasteiger partial charge in [0, 0.05) is 16.4 Å². The van der Waals surface area contributed by atoms with Gasteiger partial charge in [-0.3, -0.25) is 4.79 Å². The monoisotopic (exact) mass is 350 g/mol. The van der Waals surface area contributed by atoms with Crippen molar-refractivity contribution in [2.45, 2.75) is 55.9 Å². The van der Waals surface area contributed by atoms with Crippen LogP contribution in [0.2, 0.25) is 0 Å². The van der Waals surface area contributed by atoms with Crippen LogP contribution in [-0.2, 0) is 10.2 Å². The first kappa shape index (κ1) is 15.0. The maximum atomic E-state index is 12.4. The number of benzene rings is 1. The molecular formula is C17H23BrN2O. The Hall–Kier alpha value is -0.870. The number of hydrogen-bond acceptors (Lipinski definition) is 2. The molecule has 0 radical (unpaired) electrons. The summed E-state index contributed by atoms with van der Waals surface area (Å²) < 4.78 is 1.09. The molecule has 2 fully saturated rings. The summed E-state index contributed by atoms with van der Waals surface area (Å²) >= 11 is 3.48. The Kier molecular flexibility index (Phi) is 4.10. The molecule has 2 saturated carbocycles. The SMILES string of the molecule is NC1(C(=O)NCC2(c3ccc(Br)cc3)CCC2)CCCC1. The molecule has 1 amide bonds. The van der Waals surface area contributed by atoms with Gasteiger partial charge in [0.15, 0.2) is 0 Å². The third-order valence-electron chi connectivity index (χ3n) is 5.30. The highest BCUT2D eigenvalue weighted by Gasteiger charge is 2.42. The van der Waals surface area contributed by atoms with Crippen molar-refractivity contribution in [1.29, 1.82) is 0 Å². The molecule has 0 unspecified atom stereocenters. The lowest BCUT2D eigenvalue weighted by atomic mass is 9.64. The lowest BCUT2D eigenvalue weighted by molar-refractivity contribution is -0.126. The number of rotatable bonds is 4. The molecule has 0 aliphatic heterocycles. The zero-order chi connectivity index (χ0) is 14.9. The molecular weight excluding hydrogens is 328 g/mol. The molecule has 2 aliphatic rings. The third-order valence-corrected chi connectivity index (χ3v) is 5.83. The summed E-state index contributed by atoms with van der Waals surface area (Å²) in [4.78, 5) is 12.4. The fourth-order valence-corrected chi connectivity index (χ4v) is 3.90. The van der Waals surface area contributed by atoms with Crippen LogP contribution in [0.15, 0.2) is 28.7 Å². The normalized spacial score (nSPS) is 22.6. The Morgan fingerprint density at radius 3 is 2.24 bits per heavy atom. The van der Waals surface area contributed by atoms with E-state index in [4.69, 9.17) is 5.73 Å². The van der Waals surface area contributed by atoms with E-state index in [0.29, 0.717) is 6.54 Å². The molecule has 21 heavy (non-hydrogen) atoms. The highest BCUT2D eigenvalue weighted by atomic mass is 79.9. The van der Waals surface area contributed by atoms with Gasteiger partial charge in [0.25, 0.3) is 0 Å². The van der Waals surface area contributed by atoms with Crippen LogP contribution in [0.3, 0.4) is 0 Å². The second kappa shape index (κ2) is 5.73. The van der Waals surface area contributed by atoms with Crippen LogP contribution in [0, 0.1) is 0 Å². The summed E-state index contributed by atoms with van der Waals surface area (Å²) in [5, 5.41) is 3.15. The first-order valence-corrected chi connectivity index (χ1v) is 8.67. The van der Waals surface area contributed by atoms with E-state index in [0.717, 1.165) is 43.0 Å². The van der Waals surface area contributed by atoms with Gasteiger partial charge in [-0.2, -0.15) is 0 Å². The van der Waals surface area contributed by atoms with E-state index < -0.39 is 5.54 Å². The van der Waals surface area contributed by atoms with Crippen molar-refractivity contribution in [2.24, 2.45) is 5.73 Å². The number of halogens is 1. The predicted octanol–water partition coefficient (Wildman–Crippen LogP) is 3.26. The van der Waals surface area contributed by atoms with Crippen LogP contribution in [0.25, 0.3) is 0 Å². The van der Waals surface area contributed by atoms with Crippen molar-refractivity contribution in [3.63, 3.8) is 0 Å². The maximum Gasteiger partial charge on any atom is 0.240 e. The van der Waals surface area contributed by atoms with Gasteiger partial charge in [-0.15, -0.1) is 0 Å². The average molecular weight is 351 g/mol. The van der Waals surface area contributed by atoms with Crippen molar-refractivity contribution in [1.82, 2.24) is 5.32 Å². The van der Waals surface area contributed by atoms with Crippen LogP contribution >= 0.6 is 15.9 Å². The Balaban J connectivity index is 1.67. The second-order valence-electron chi connectivity index (χ2n) is 6.69. The molecule has 3 rings (SSSR count). The quantitative estimate of drug-likeness (QED) is 0.875. The van der Waals surface area contributed by atoms with E-state index in [1.807, 2.05) is 0 Å². The first-order chi connectivity index (χ1) is 10.0. The molecule has 2 aliphatic carbocycles. The molecule has 3 N–H and O–H groups in total. The Labute approximate surface area is 134 Å². The number of nitrogens with two attached hydrogens (primary N) is 1. The van der Waals surface area contributed by atoms with E-state index in [9.17, 15) is 4.79 Å². The van der Waals surface area contributed by atoms with E-state index in [1.54, 1.807) is 0 Å². The maximum absolute atomic E-state index is 12.4. The van der Waals surface area contributed by atoms with Crippen LogP contribution in [0.5, 0.6) is 0 Å². The Bertz CT molecular complexity index is 516. The standard InChI is InChI=1S/C17H23BrN2O/c18-14-6-4-13(5-7-14)16(8-3-9-16)12-20-15(21)17(19)10-1-2-11-17/h4-7H,1-3,8-12,19H2,(H,20,21). The fraction of sp³-hybridized carbons (Fsp3) is 0.588. The predicted molar refractivity (Wildman–Crippen MR) is 88.1 cm³/mol. The molecule has 1 aromatic carbocycles. The van der Waals surface area contributed by atoms with Gasteiger partial charge in [-0.1, -0.05) is 47.3 Å². The number of carbonyl (C=O) groups is 1. The summed E-state index contributed by atoms with van der Waals surface area (Å²) in [7, 11) is 0. The zero-order valence-corrected chi connectivity index (χ0v) is 13.9. The lowest BCUT2D eigenvalue weighted by Gasteiger charge is -2.43. The van der Waals surface area contributed by atoms with Gasteiger partial charge in [0.05, 0.1) is 5.54 Å². The van der Waals surface area contributed by atoms with E-state index in [1.165, 1.54) is 12.0 Å². The van der Waals surface area contributed by atoms with Crippen LogP contribution < -0.4 is 11.1 Å². The number of nitrogens with one attached hydrogen (secondary N) is 1. The highest BCUT2D eigenvalue weighted by Crippen LogP contribution is 2.43. The zero-order valence-electron chi connectivity index (χ0n) is 12.3. The van der Waals surface area contributed by atoms with Crippen LogP contribution in [0.1, 0.15) is 50.5 Å². The molecule has 0 bridgehead atoms. The molecule has 0 spiro atoms. The average Bonchev–Trinajstić information content (AvgIpc) is 2.87. The molecule has 1 aromatic rings. The Morgan fingerprint density at radius 1 is 1.10 bits per heavy atom. The van der Waals surface area contributed by atoms with Crippen LogP contribution in [-0.4, -0.2) is 18.0 Å². The van der Waals surface area contributed by atoms with Crippen LogP contribution in [0.4, 0.5) is 0 Å². The minimum Gasteiger partial charge on any atom is -0.354 e. The molecule has 114 valence electrons. The molecule has 3 nitrogen and oxygen atoms in total. The topological polar surface area (TPSA) is 55.1 Å². The minimum atomic E-state index is -0.620. The van der Waals surface area contributed by atoms with E-state index in [2.05, 4.69) is 45.5 Å². The van der Waals surface area contributed by atoms with Crippen molar-refractivity contribution in [3.05, 3.63) is 34.3 Å². The van der Waals surface area contributed by atoms with Crippen molar-refractivity contribution in [3.8, 4) is 0 Å². The number of amides is 1. The summed E-state index contributed by atoms with van der Waals surface area (Å²) in [5.41, 5.74) is 7.06. The minimum absolute atomic E-state index is 0.0448.